The third kappa shape index (κ3) is 2.70. The van der Waals surface area contributed by atoms with Gasteiger partial charge in [0.25, 0.3) is 0 Å². The van der Waals surface area contributed by atoms with Crippen LogP contribution in [0.3, 0.4) is 0 Å². The minimum absolute atomic E-state index is 0.118. The van der Waals surface area contributed by atoms with Crippen molar-refractivity contribution in [1.29, 1.82) is 0 Å². The van der Waals surface area contributed by atoms with Gasteiger partial charge in [0.2, 0.25) is 0 Å². The van der Waals surface area contributed by atoms with Crippen LogP contribution in [0.5, 0.6) is 0 Å². The lowest BCUT2D eigenvalue weighted by molar-refractivity contribution is -0.146. The van der Waals surface area contributed by atoms with Gasteiger partial charge in [-0.2, -0.15) is 0 Å². The normalized spacial score (nSPS) is 22.6. The lowest BCUT2D eigenvalue weighted by atomic mass is 9.97. The first-order chi connectivity index (χ1) is 8.74. The van der Waals surface area contributed by atoms with Gasteiger partial charge in [0.05, 0.1) is 11.7 Å². The van der Waals surface area contributed by atoms with Gasteiger partial charge in [-0.3, -0.25) is 14.7 Å². The first-order valence-electron chi connectivity index (χ1n) is 6.63. The van der Waals surface area contributed by atoms with Gasteiger partial charge in [-0.1, -0.05) is 19.4 Å². The summed E-state index contributed by atoms with van der Waals surface area (Å²) >= 11 is 0. The van der Waals surface area contributed by atoms with Crippen molar-refractivity contribution < 1.29 is 9.90 Å². The van der Waals surface area contributed by atoms with Crippen molar-refractivity contribution in [2.24, 2.45) is 0 Å². The van der Waals surface area contributed by atoms with Crippen molar-refractivity contribution in [2.75, 3.05) is 6.54 Å². The summed E-state index contributed by atoms with van der Waals surface area (Å²) in [7, 11) is 0. The Kier molecular flexibility index (Phi) is 4.31. The van der Waals surface area contributed by atoms with E-state index in [1.807, 2.05) is 18.2 Å². The van der Waals surface area contributed by atoms with Gasteiger partial charge in [-0.15, -0.1) is 0 Å². The Morgan fingerprint density at radius 3 is 3.00 bits per heavy atom. The van der Waals surface area contributed by atoms with Crippen molar-refractivity contribution in [3.8, 4) is 0 Å². The number of carboxylic acid groups (broad SMARTS) is 1. The quantitative estimate of drug-likeness (QED) is 0.889. The maximum absolute atomic E-state index is 11.4. The monoisotopic (exact) mass is 248 g/mol. The average molecular weight is 248 g/mol. The number of hydrogen-bond acceptors (Lipinski definition) is 3. The Morgan fingerprint density at radius 2 is 2.39 bits per heavy atom. The van der Waals surface area contributed by atoms with Gasteiger partial charge >= 0.3 is 5.97 Å². The number of rotatable bonds is 4. The largest absolute Gasteiger partial charge is 0.480 e. The van der Waals surface area contributed by atoms with Crippen molar-refractivity contribution in [1.82, 2.24) is 9.88 Å². The molecule has 1 aromatic heterocycles. The fourth-order valence-electron chi connectivity index (χ4n) is 2.78. The number of pyridine rings is 1. The summed E-state index contributed by atoms with van der Waals surface area (Å²) in [5.74, 6) is -0.705. The summed E-state index contributed by atoms with van der Waals surface area (Å²) in [5.41, 5.74) is 0.980. The zero-order chi connectivity index (χ0) is 13.0. The van der Waals surface area contributed by atoms with E-state index in [4.69, 9.17) is 0 Å². The summed E-state index contributed by atoms with van der Waals surface area (Å²) in [4.78, 5) is 17.8. The van der Waals surface area contributed by atoms with Crippen LogP contribution >= 0.6 is 0 Å². The Labute approximate surface area is 108 Å². The van der Waals surface area contributed by atoms with E-state index in [0.717, 1.165) is 37.9 Å². The maximum Gasteiger partial charge on any atom is 0.320 e. The second-order valence-electron chi connectivity index (χ2n) is 4.77. The van der Waals surface area contributed by atoms with Crippen molar-refractivity contribution in [3.63, 3.8) is 0 Å². The van der Waals surface area contributed by atoms with Crippen LogP contribution in [0.4, 0.5) is 0 Å². The lowest BCUT2D eigenvalue weighted by Gasteiger charge is -2.38. The molecule has 18 heavy (non-hydrogen) atoms. The predicted octanol–water partition coefficient (Wildman–Crippen LogP) is 2.47. The van der Waals surface area contributed by atoms with Crippen molar-refractivity contribution >= 4 is 5.97 Å². The molecule has 2 rings (SSSR count). The first kappa shape index (κ1) is 13.0. The average Bonchev–Trinajstić information content (AvgIpc) is 2.41. The molecule has 0 aliphatic carbocycles. The van der Waals surface area contributed by atoms with Gasteiger partial charge in [0, 0.05) is 6.20 Å². The maximum atomic E-state index is 11.4. The molecule has 0 aromatic carbocycles. The van der Waals surface area contributed by atoms with E-state index >= 15 is 0 Å². The zero-order valence-electron chi connectivity index (χ0n) is 10.7. The van der Waals surface area contributed by atoms with E-state index in [-0.39, 0.29) is 12.1 Å². The number of piperidine rings is 1. The van der Waals surface area contributed by atoms with E-state index in [1.165, 1.54) is 0 Å². The SMILES string of the molecule is CCC(c1ccccn1)N1CCCCC1C(=O)O. The van der Waals surface area contributed by atoms with Crippen LogP contribution in [-0.2, 0) is 4.79 Å². The fourth-order valence-corrected chi connectivity index (χ4v) is 2.78. The molecule has 2 unspecified atom stereocenters. The number of nitrogens with zero attached hydrogens (tertiary/aromatic N) is 2. The van der Waals surface area contributed by atoms with Crippen LogP contribution in [-0.4, -0.2) is 33.5 Å². The van der Waals surface area contributed by atoms with E-state index in [9.17, 15) is 9.90 Å². The van der Waals surface area contributed by atoms with Crippen LogP contribution in [0.2, 0.25) is 0 Å². The highest BCUT2D eigenvalue weighted by molar-refractivity contribution is 5.73. The zero-order valence-corrected chi connectivity index (χ0v) is 10.7. The molecule has 2 atom stereocenters. The van der Waals surface area contributed by atoms with Crippen LogP contribution in [0.15, 0.2) is 24.4 Å². The molecular formula is C14H20N2O2. The third-order valence-corrected chi connectivity index (χ3v) is 3.65. The molecule has 4 nitrogen and oxygen atoms in total. The molecule has 0 saturated carbocycles. The first-order valence-corrected chi connectivity index (χ1v) is 6.63. The highest BCUT2D eigenvalue weighted by Crippen LogP contribution is 2.29. The molecule has 1 fully saturated rings. The molecule has 0 spiro atoms. The second kappa shape index (κ2) is 5.96. The van der Waals surface area contributed by atoms with Crippen molar-refractivity contribution in [2.45, 2.75) is 44.7 Å². The molecular weight excluding hydrogens is 228 g/mol. The molecule has 4 heteroatoms. The summed E-state index contributed by atoms with van der Waals surface area (Å²) in [6.45, 7) is 2.94. The van der Waals surface area contributed by atoms with E-state index < -0.39 is 5.97 Å². The standard InChI is InChI=1S/C14H20N2O2/c1-2-12(11-7-3-5-9-15-11)16-10-6-4-8-13(16)14(17)18/h3,5,7,9,12-13H,2,4,6,8,10H2,1H3,(H,17,18). The summed E-state index contributed by atoms with van der Waals surface area (Å²) in [5, 5.41) is 9.34. The molecule has 2 heterocycles. The lowest BCUT2D eigenvalue weighted by Crippen LogP contribution is -2.46. The van der Waals surface area contributed by atoms with Crippen LogP contribution < -0.4 is 0 Å². The molecule has 0 radical (unpaired) electrons. The van der Waals surface area contributed by atoms with Crippen LogP contribution in [0, 0.1) is 0 Å². The van der Waals surface area contributed by atoms with Crippen LogP contribution in [0.1, 0.15) is 44.3 Å². The van der Waals surface area contributed by atoms with E-state index in [1.54, 1.807) is 6.20 Å². The highest BCUT2D eigenvalue weighted by atomic mass is 16.4. The van der Waals surface area contributed by atoms with E-state index in [2.05, 4.69) is 16.8 Å². The Balaban J connectivity index is 2.22. The second-order valence-corrected chi connectivity index (χ2v) is 4.77. The minimum Gasteiger partial charge on any atom is -0.480 e. The summed E-state index contributed by atoms with van der Waals surface area (Å²) < 4.78 is 0. The molecule has 0 bridgehead atoms. The Hall–Kier alpha value is -1.42. The Morgan fingerprint density at radius 1 is 1.56 bits per heavy atom. The number of carbonyl (C=O) groups is 1. The number of carboxylic acids is 1. The number of hydrogen-bond donors (Lipinski definition) is 1. The van der Waals surface area contributed by atoms with E-state index in [0.29, 0.717) is 0 Å². The molecule has 98 valence electrons. The number of likely N-dealkylation sites (tertiary alicyclic amines) is 1. The Bertz CT molecular complexity index is 394. The highest BCUT2D eigenvalue weighted by Gasteiger charge is 2.33. The molecule has 1 aromatic rings. The predicted molar refractivity (Wildman–Crippen MR) is 69.2 cm³/mol. The van der Waals surface area contributed by atoms with Gasteiger partial charge in [-0.05, 0) is 37.9 Å². The summed E-state index contributed by atoms with van der Waals surface area (Å²) in [6.07, 6.45) is 5.50. The van der Waals surface area contributed by atoms with Gasteiger partial charge in [-0.25, -0.2) is 0 Å². The van der Waals surface area contributed by atoms with Gasteiger partial charge in [0.1, 0.15) is 6.04 Å². The summed E-state index contributed by atoms with van der Waals surface area (Å²) in [6, 6.07) is 5.60. The third-order valence-electron chi connectivity index (χ3n) is 3.65. The molecule has 1 aliphatic heterocycles. The van der Waals surface area contributed by atoms with Crippen molar-refractivity contribution in [3.05, 3.63) is 30.1 Å². The number of aliphatic carboxylic acids is 1. The molecule has 1 saturated heterocycles. The van der Waals surface area contributed by atoms with Gasteiger partial charge in [0.15, 0.2) is 0 Å². The van der Waals surface area contributed by atoms with Gasteiger partial charge < -0.3 is 5.11 Å². The smallest absolute Gasteiger partial charge is 0.320 e. The topological polar surface area (TPSA) is 53.4 Å². The number of aromatic nitrogens is 1. The molecule has 1 N–H and O–H groups in total. The fraction of sp³-hybridized carbons (Fsp3) is 0.571. The minimum atomic E-state index is -0.705. The molecule has 0 amide bonds. The molecule has 1 aliphatic rings. The van der Waals surface area contributed by atoms with Crippen LogP contribution in [0.25, 0.3) is 0 Å².